The summed E-state index contributed by atoms with van der Waals surface area (Å²) in [6, 6.07) is 27.4. The van der Waals surface area contributed by atoms with Crippen molar-refractivity contribution in [1.82, 2.24) is 9.55 Å². The smallest absolute Gasteiger partial charge is 0.237 e. The molecule has 1 heterocycles. The van der Waals surface area contributed by atoms with Crippen molar-refractivity contribution in [2.75, 3.05) is 23.8 Å². The van der Waals surface area contributed by atoms with E-state index in [1.165, 1.54) is 11.8 Å². The molecular formula is C26H24N4O2S. The van der Waals surface area contributed by atoms with Gasteiger partial charge in [0, 0.05) is 17.9 Å². The van der Waals surface area contributed by atoms with Crippen LogP contribution in [0, 0.1) is 11.3 Å². The molecule has 6 nitrogen and oxygen atoms in total. The van der Waals surface area contributed by atoms with E-state index < -0.39 is 0 Å². The van der Waals surface area contributed by atoms with Gasteiger partial charge in [-0.1, -0.05) is 42.1 Å². The van der Waals surface area contributed by atoms with Gasteiger partial charge in [0.05, 0.1) is 35.9 Å². The lowest BCUT2D eigenvalue weighted by Crippen LogP contribution is -2.33. The topological polar surface area (TPSA) is 71.2 Å². The standard InChI is InChI=1S/C26H24N4O2S/c1-2-32-22-15-13-21(14-16-22)30-24-12-7-6-11-23(24)28-26(30)33-19-25(31)29(18-8-17-27)20-9-4-3-5-10-20/h3-7,9-16H,2,8,18-19H2,1H3. The zero-order chi connectivity index (χ0) is 23.0. The van der Waals surface area contributed by atoms with Gasteiger partial charge < -0.3 is 9.64 Å². The molecule has 0 aliphatic rings. The largest absolute Gasteiger partial charge is 0.494 e. The SMILES string of the molecule is CCOc1ccc(-n2c(SCC(=O)N(CCC#N)c3ccccc3)nc3ccccc32)cc1. The first kappa shape index (κ1) is 22.4. The predicted molar refractivity (Wildman–Crippen MR) is 132 cm³/mol. The van der Waals surface area contributed by atoms with Gasteiger partial charge in [-0.15, -0.1) is 0 Å². The van der Waals surface area contributed by atoms with Crippen LogP contribution in [0.2, 0.25) is 0 Å². The van der Waals surface area contributed by atoms with Crippen molar-refractivity contribution in [2.24, 2.45) is 0 Å². The van der Waals surface area contributed by atoms with Crippen molar-refractivity contribution >= 4 is 34.4 Å². The van der Waals surface area contributed by atoms with E-state index in [0.717, 1.165) is 33.3 Å². The Balaban J connectivity index is 1.61. The van der Waals surface area contributed by atoms with Crippen LogP contribution in [0.3, 0.4) is 0 Å². The Morgan fingerprint density at radius 2 is 1.79 bits per heavy atom. The highest BCUT2D eigenvalue weighted by Gasteiger charge is 2.19. The molecule has 0 atom stereocenters. The lowest BCUT2D eigenvalue weighted by atomic mass is 10.2. The lowest BCUT2D eigenvalue weighted by molar-refractivity contribution is -0.116. The van der Waals surface area contributed by atoms with E-state index in [-0.39, 0.29) is 18.1 Å². The van der Waals surface area contributed by atoms with Crippen LogP contribution in [0.15, 0.2) is 84.0 Å². The number of para-hydroxylation sites is 3. The molecule has 4 aromatic rings. The van der Waals surface area contributed by atoms with Crippen LogP contribution < -0.4 is 9.64 Å². The number of thioether (sulfide) groups is 1. The minimum atomic E-state index is -0.0632. The van der Waals surface area contributed by atoms with Crippen LogP contribution in [0.1, 0.15) is 13.3 Å². The average Bonchev–Trinajstić information content (AvgIpc) is 3.23. The third-order valence-electron chi connectivity index (χ3n) is 5.08. The van der Waals surface area contributed by atoms with Gasteiger partial charge in [0.1, 0.15) is 5.75 Å². The summed E-state index contributed by atoms with van der Waals surface area (Å²) in [6.45, 7) is 2.92. The maximum absolute atomic E-state index is 13.1. The number of nitrogens with zero attached hydrogens (tertiary/aromatic N) is 4. The molecule has 0 N–H and O–H groups in total. The monoisotopic (exact) mass is 456 g/mol. The molecule has 1 amide bonds. The maximum atomic E-state index is 13.1. The number of aromatic nitrogens is 2. The number of fused-ring (bicyclic) bond motifs is 1. The van der Waals surface area contributed by atoms with Gasteiger partial charge in [-0.25, -0.2) is 4.98 Å². The van der Waals surface area contributed by atoms with E-state index in [4.69, 9.17) is 15.0 Å². The lowest BCUT2D eigenvalue weighted by Gasteiger charge is -2.21. The quantitative estimate of drug-likeness (QED) is 0.313. The molecule has 0 aliphatic carbocycles. The van der Waals surface area contributed by atoms with Gasteiger partial charge in [-0.3, -0.25) is 9.36 Å². The summed E-state index contributed by atoms with van der Waals surface area (Å²) in [5, 5.41) is 9.77. The first-order valence-electron chi connectivity index (χ1n) is 10.8. The van der Waals surface area contributed by atoms with E-state index in [0.29, 0.717) is 13.2 Å². The Morgan fingerprint density at radius 3 is 2.52 bits per heavy atom. The molecule has 166 valence electrons. The van der Waals surface area contributed by atoms with Gasteiger partial charge in [0.15, 0.2) is 5.16 Å². The highest BCUT2D eigenvalue weighted by molar-refractivity contribution is 7.99. The van der Waals surface area contributed by atoms with Crippen molar-refractivity contribution in [3.05, 3.63) is 78.9 Å². The molecular weight excluding hydrogens is 432 g/mol. The number of hydrogen-bond donors (Lipinski definition) is 0. The predicted octanol–water partition coefficient (Wildman–Crippen LogP) is 5.46. The Labute approximate surface area is 197 Å². The fourth-order valence-electron chi connectivity index (χ4n) is 3.58. The summed E-state index contributed by atoms with van der Waals surface area (Å²) in [4.78, 5) is 19.6. The highest BCUT2D eigenvalue weighted by atomic mass is 32.2. The molecule has 1 aromatic heterocycles. The van der Waals surface area contributed by atoms with Crippen molar-refractivity contribution < 1.29 is 9.53 Å². The van der Waals surface area contributed by atoms with Crippen molar-refractivity contribution in [2.45, 2.75) is 18.5 Å². The number of carbonyl (C=O) groups excluding carboxylic acids is 1. The number of carbonyl (C=O) groups is 1. The van der Waals surface area contributed by atoms with Crippen LogP contribution >= 0.6 is 11.8 Å². The van der Waals surface area contributed by atoms with Gasteiger partial charge >= 0.3 is 0 Å². The summed E-state index contributed by atoms with van der Waals surface area (Å²) in [7, 11) is 0. The van der Waals surface area contributed by atoms with Crippen LogP contribution in [0.25, 0.3) is 16.7 Å². The summed E-state index contributed by atoms with van der Waals surface area (Å²) in [6.07, 6.45) is 0.274. The second-order valence-corrected chi connectivity index (χ2v) is 8.17. The molecule has 33 heavy (non-hydrogen) atoms. The highest BCUT2D eigenvalue weighted by Crippen LogP contribution is 2.29. The van der Waals surface area contributed by atoms with Crippen LogP contribution in [-0.2, 0) is 4.79 Å². The van der Waals surface area contributed by atoms with E-state index in [2.05, 4.69) is 10.6 Å². The number of ether oxygens (including phenoxy) is 1. The molecule has 0 radical (unpaired) electrons. The van der Waals surface area contributed by atoms with E-state index >= 15 is 0 Å². The van der Waals surface area contributed by atoms with Gasteiger partial charge in [-0.05, 0) is 55.5 Å². The average molecular weight is 457 g/mol. The number of hydrogen-bond acceptors (Lipinski definition) is 5. The normalized spacial score (nSPS) is 10.7. The number of benzene rings is 3. The fraction of sp³-hybridized carbons (Fsp3) is 0.192. The Bertz CT molecular complexity index is 1260. The Hall–Kier alpha value is -3.76. The zero-order valence-electron chi connectivity index (χ0n) is 18.3. The number of amides is 1. The Morgan fingerprint density at radius 1 is 1.06 bits per heavy atom. The molecule has 0 bridgehead atoms. The van der Waals surface area contributed by atoms with E-state index in [1.54, 1.807) is 4.90 Å². The third-order valence-corrected chi connectivity index (χ3v) is 6.00. The van der Waals surface area contributed by atoms with Crippen molar-refractivity contribution in [1.29, 1.82) is 5.26 Å². The maximum Gasteiger partial charge on any atom is 0.237 e. The van der Waals surface area contributed by atoms with Crippen LogP contribution in [0.4, 0.5) is 5.69 Å². The summed E-state index contributed by atoms with van der Waals surface area (Å²) in [5.41, 5.74) is 3.58. The number of imidazole rings is 1. The third kappa shape index (κ3) is 5.18. The van der Waals surface area contributed by atoms with E-state index in [1.807, 2.05) is 85.8 Å². The molecule has 0 saturated carbocycles. The van der Waals surface area contributed by atoms with Crippen LogP contribution in [-0.4, -0.2) is 34.4 Å². The second-order valence-electron chi connectivity index (χ2n) is 7.22. The summed E-state index contributed by atoms with van der Waals surface area (Å²) in [5.74, 6) is 0.957. The molecule has 4 rings (SSSR count). The first-order valence-corrected chi connectivity index (χ1v) is 11.8. The number of nitriles is 1. The number of rotatable bonds is 9. The molecule has 0 saturated heterocycles. The molecule has 0 aliphatic heterocycles. The number of anilines is 1. The summed E-state index contributed by atoms with van der Waals surface area (Å²) < 4.78 is 7.63. The van der Waals surface area contributed by atoms with Crippen molar-refractivity contribution in [3.63, 3.8) is 0 Å². The molecule has 3 aromatic carbocycles. The van der Waals surface area contributed by atoms with Gasteiger partial charge in [-0.2, -0.15) is 5.26 Å². The minimum Gasteiger partial charge on any atom is -0.494 e. The first-order chi connectivity index (χ1) is 16.2. The molecule has 0 fully saturated rings. The summed E-state index contributed by atoms with van der Waals surface area (Å²) >= 11 is 1.39. The zero-order valence-corrected chi connectivity index (χ0v) is 19.2. The van der Waals surface area contributed by atoms with Crippen LogP contribution in [0.5, 0.6) is 5.75 Å². The fourth-order valence-corrected chi connectivity index (χ4v) is 4.48. The second kappa shape index (κ2) is 10.7. The van der Waals surface area contributed by atoms with Gasteiger partial charge in [0.2, 0.25) is 5.91 Å². The molecule has 0 unspecified atom stereocenters. The Kier molecular flexibility index (Phi) is 7.28. The molecule has 7 heteroatoms. The minimum absolute atomic E-state index is 0.0632. The van der Waals surface area contributed by atoms with Crippen molar-refractivity contribution in [3.8, 4) is 17.5 Å². The molecule has 0 spiro atoms. The van der Waals surface area contributed by atoms with Gasteiger partial charge in [0.25, 0.3) is 0 Å². The van der Waals surface area contributed by atoms with E-state index in [9.17, 15) is 4.79 Å².